The average Bonchev–Trinajstić information content (AvgIpc) is 2.73. The first-order valence-electron chi connectivity index (χ1n) is 9.15. The molecule has 3 rings (SSSR count). The number of oxime groups is 1. The molecule has 0 aliphatic carbocycles. The molecule has 0 atom stereocenters. The second-order valence-corrected chi connectivity index (χ2v) is 7.02. The van der Waals surface area contributed by atoms with Gasteiger partial charge in [-0.25, -0.2) is 0 Å². The van der Waals surface area contributed by atoms with Gasteiger partial charge in [-0.2, -0.15) is 0 Å². The zero-order valence-electron chi connectivity index (χ0n) is 16.1. The molecule has 0 unspecified atom stereocenters. The predicted molar refractivity (Wildman–Crippen MR) is 112 cm³/mol. The van der Waals surface area contributed by atoms with Gasteiger partial charge in [-0.15, -0.1) is 0 Å². The first kappa shape index (κ1) is 20.0. The molecule has 0 saturated carbocycles. The van der Waals surface area contributed by atoms with Gasteiger partial charge in [0.15, 0.2) is 6.61 Å². The van der Waals surface area contributed by atoms with Crippen molar-refractivity contribution in [3.63, 3.8) is 0 Å². The largest absolute Gasteiger partial charge is 0.497 e. The van der Waals surface area contributed by atoms with Crippen LogP contribution in [0.4, 0.5) is 5.69 Å². The van der Waals surface area contributed by atoms with Crippen LogP contribution in [0.2, 0.25) is 5.02 Å². The number of piperazine rings is 1. The Morgan fingerprint density at radius 3 is 2.54 bits per heavy atom. The lowest BCUT2D eigenvalue weighted by Crippen LogP contribution is -2.49. The molecule has 0 spiro atoms. The van der Waals surface area contributed by atoms with Crippen LogP contribution in [-0.4, -0.2) is 56.9 Å². The number of halogens is 1. The molecule has 0 N–H and O–H groups in total. The highest BCUT2D eigenvalue weighted by atomic mass is 35.5. The molecule has 1 amide bonds. The number of hydrogen-bond acceptors (Lipinski definition) is 5. The van der Waals surface area contributed by atoms with Crippen molar-refractivity contribution in [3.8, 4) is 5.75 Å². The summed E-state index contributed by atoms with van der Waals surface area (Å²) in [6.45, 7) is 4.83. The fraction of sp³-hybridized carbons (Fsp3) is 0.333. The molecule has 6 nitrogen and oxygen atoms in total. The van der Waals surface area contributed by atoms with Crippen LogP contribution < -0.4 is 9.64 Å². The maximum atomic E-state index is 12.3. The molecular weight excluding hydrogens is 378 g/mol. The van der Waals surface area contributed by atoms with Gasteiger partial charge in [-0.05, 0) is 54.4 Å². The minimum Gasteiger partial charge on any atom is -0.497 e. The van der Waals surface area contributed by atoms with E-state index in [1.165, 1.54) is 5.56 Å². The van der Waals surface area contributed by atoms with Gasteiger partial charge in [0.05, 0.1) is 13.3 Å². The van der Waals surface area contributed by atoms with E-state index in [9.17, 15) is 4.79 Å². The average molecular weight is 402 g/mol. The summed E-state index contributed by atoms with van der Waals surface area (Å²) >= 11 is 6.12. The molecule has 0 bridgehead atoms. The second kappa shape index (κ2) is 9.46. The zero-order chi connectivity index (χ0) is 19.9. The van der Waals surface area contributed by atoms with Gasteiger partial charge < -0.3 is 19.4 Å². The quantitative estimate of drug-likeness (QED) is 0.550. The number of benzene rings is 2. The number of amides is 1. The fourth-order valence-corrected chi connectivity index (χ4v) is 3.26. The zero-order valence-corrected chi connectivity index (χ0v) is 16.9. The summed E-state index contributed by atoms with van der Waals surface area (Å²) < 4.78 is 5.11. The van der Waals surface area contributed by atoms with E-state index in [1.807, 2.05) is 42.5 Å². The van der Waals surface area contributed by atoms with E-state index in [2.05, 4.69) is 17.0 Å². The summed E-state index contributed by atoms with van der Waals surface area (Å²) in [5.41, 5.74) is 3.18. The van der Waals surface area contributed by atoms with Crippen molar-refractivity contribution < 1.29 is 14.4 Å². The van der Waals surface area contributed by atoms with Crippen LogP contribution in [0.3, 0.4) is 0 Å². The highest BCUT2D eigenvalue weighted by Gasteiger charge is 2.22. The number of carbonyl (C=O) groups excluding carboxylic acids is 1. The molecule has 1 saturated heterocycles. The van der Waals surface area contributed by atoms with E-state index in [0.29, 0.717) is 13.1 Å². The first-order valence-corrected chi connectivity index (χ1v) is 9.53. The molecule has 1 heterocycles. The third kappa shape index (κ3) is 5.16. The maximum Gasteiger partial charge on any atom is 0.263 e. The molecule has 7 heteroatoms. The van der Waals surface area contributed by atoms with Gasteiger partial charge in [0, 0.05) is 36.9 Å². The lowest BCUT2D eigenvalue weighted by molar-refractivity contribution is -0.136. The topological polar surface area (TPSA) is 54.4 Å². The Morgan fingerprint density at radius 1 is 1.14 bits per heavy atom. The molecule has 1 fully saturated rings. The molecular formula is C21H24ClN3O3. The Kier molecular flexibility index (Phi) is 6.76. The van der Waals surface area contributed by atoms with E-state index in [0.717, 1.165) is 35.1 Å². The molecule has 2 aromatic carbocycles. The SMILES string of the molecule is COc1ccc(/C=N\OCC(=O)N2CCN(c3cc(Cl)ccc3C)CC2)cc1. The Labute approximate surface area is 170 Å². The van der Waals surface area contributed by atoms with Gasteiger partial charge in [0.25, 0.3) is 5.91 Å². The van der Waals surface area contributed by atoms with Gasteiger partial charge in [-0.3, -0.25) is 4.79 Å². The lowest BCUT2D eigenvalue weighted by Gasteiger charge is -2.36. The Hall–Kier alpha value is -2.73. The van der Waals surface area contributed by atoms with Crippen LogP contribution in [0.25, 0.3) is 0 Å². The summed E-state index contributed by atoms with van der Waals surface area (Å²) in [5.74, 6) is 0.717. The van der Waals surface area contributed by atoms with Crippen LogP contribution in [0.15, 0.2) is 47.6 Å². The van der Waals surface area contributed by atoms with Crippen LogP contribution >= 0.6 is 11.6 Å². The number of ether oxygens (including phenoxy) is 1. The van der Waals surface area contributed by atoms with Crippen LogP contribution in [-0.2, 0) is 9.63 Å². The number of methoxy groups -OCH3 is 1. The Balaban J connectivity index is 1.44. The van der Waals surface area contributed by atoms with Crippen molar-refractivity contribution in [1.82, 2.24) is 4.90 Å². The van der Waals surface area contributed by atoms with Gasteiger partial charge in [0.2, 0.25) is 0 Å². The summed E-state index contributed by atoms with van der Waals surface area (Å²) in [6, 6.07) is 13.3. The molecule has 1 aliphatic rings. The van der Waals surface area contributed by atoms with E-state index in [4.69, 9.17) is 21.2 Å². The number of aryl methyl sites for hydroxylation is 1. The number of anilines is 1. The standard InChI is InChI=1S/C21H24ClN3O3/c1-16-3-6-18(22)13-20(16)24-9-11-25(12-10-24)21(26)15-28-23-14-17-4-7-19(27-2)8-5-17/h3-8,13-14H,9-12,15H2,1-2H3/b23-14-. The van der Waals surface area contributed by atoms with Crippen molar-refractivity contribution in [2.45, 2.75) is 6.92 Å². The lowest BCUT2D eigenvalue weighted by atomic mass is 10.1. The number of hydrogen-bond donors (Lipinski definition) is 0. The molecule has 1 aliphatic heterocycles. The number of nitrogens with zero attached hydrogens (tertiary/aromatic N) is 3. The van der Waals surface area contributed by atoms with Crippen molar-refractivity contribution in [1.29, 1.82) is 0 Å². The van der Waals surface area contributed by atoms with Crippen molar-refractivity contribution in [3.05, 3.63) is 58.6 Å². The highest BCUT2D eigenvalue weighted by Crippen LogP contribution is 2.25. The van der Waals surface area contributed by atoms with Crippen LogP contribution in [0, 0.1) is 6.92 Å². The molecule has 28 heavy (non-hydrogen) atoms. The number of carbonyl (C=O) groups is 1. The van der Waals surface area contributed by atoms with Crippen LogP contribution in [0.1, 0.15) is 11.1 Å². The third-order valence-electron chi connectivity index (χ3n) is 4.72. The first-order chi connectivity index (χ1) is 13.6. The molecule has 2 aromatic rings. The highest BCUT2D eigenvalue weighted by molar-refractivity contribution is 6.30. The predicted octanol–water partition coefficient (Wildman–Crippen LogP) is 3.36. The van der Waals surface area contributed by atoms with Gasteiger partial charge >= 0.3 is 0 Å². The molecule has 148 valence electrons. The normalized spacial score (nSPS) is 14.4. The van der Waals surface area contributed by atoms with Crippen molar-refractivity contribution in [2.75, 3.05) is 44.8 Å². The minimum atomic E-state index is -0.0666. The van der Waals surface area contributed by atoms with Gasteiger partial charge in [0.1, 0.15) is 5.75 Å². The summed E-state index contributed by atoms with van der Waals surface area (Å²) in [6.07, 6.45) is 1.58. The smallest absolute Gasteiger partial charge is 0.263 e. The van der Waals surface area contributed by atoms with E-state index in [-0.39, 0.29) is 12.5 Å². The van der Waals surface area contributed by atoms with E-state index < -0.39 is 0 Å². The van der Waals surface area contributed by atoms with E-state index in [1.54, 1.807) is 18.2 Å². The molecule has 0 radical (unpaired) electrons. The fourth-order valence-electron chi connectivity index (χ4n) is 3.09. The van der Waals surface area contributed by atoms with Crippen molar-refractivity contribution in [2.24, 2.45) is 5.16 Å². The van der Waals surface area contributed by atoms with E-state index >= 15 is 0 Å². The number of rotatable bonds is 6. The monoisotopic (exact) mass is 401 g/mol. The Morgan fingerprint density at radius 2 is 1.86 bits per heavy atom. The van der Waals surface area contributed by atoms with Crippen LogP contribution in [0.5, 0.6) is 5.75 Å². The summed E-state index contributed by atoms with van der Waals surface area (Å²) in [4.78, 5) is 21.6. The van der Waals surface area contributed by atoms with Crippen molar-refractivity contribution >= 4 is 29.4 Å². The minimum absolute atomic E-state index is 0.0608. The third-order valence-corrected chi connectivity index (χ3v) is 4.96. The molecule has 0 aromatic heterocycles. The Bertz CT molecular complexity index is 831. The maximum absolute atomic E-state index is 12.3. The summed E-state index contributed by atoms with van der Waals surface area (Å²) in [7, 11) is 1.62. The second-order valence-electron chi connectivity index (χ2n) is 6.58. The summed E-state index contributed by atoms with van der Waals surface area (Å²) in [5, 5.41) is 4.60. The van der Waals surface area contributed by atoms with Gasteiger partial charge in [-0.1, -0.05) is 22.8 Å².